The standard InChI is InChI=1S/C14H7Cl2FN2O/c15-10-4-2-9(6-12(10)17)14(20)19-13-5-8(7-18)1-3-11(13)16/h1-6H,(H,19,20). The summed E-state index contributed by atoms with van der Waals surface area (Å²) in [6.45, 7) is 0. The molecule has 0 aliphatic carbocycles. The van der Waals surface area contributed by atoms with E-state index in [0.29, 0.717) is 5.56 Å². The van der Waals surface area contributed by atoms with Crippen LogP contribution >= 0.6 is 23.2 Å². The second kappa shape index (κ2) is 5.91. The average molecular weight is 309 g/mol. The normalized spacial score (nSPS) is 9.90. The van der Waals surface area contributed by atoms with Crippen molar-refractivity contribution in [3.63, 3.8) is 0 Å². The first-order valence-electron chi connectivity index (χ1n) is 5.47. The Kier molecular flexibility index (Phi) is 4.23. The molecule has 20 heavy (non-hydrogen) atoms. The number of hydrogen-bond acceptors (Lipinski definition) is 2. The Morgan fingerprint density at radius 3 is 2.50 bits per heavy atom. The molecule has 0 aliphatic heterocycles. The van der Waals surface area contributed by atoms with Crippen LogP contribution in [0.4, 0.5) is 10.1 Å². The molecule has 0 atom stereocenters. The molecule has 1 N–H and O–H groups in total. The van der Waals surface area contributed by atoms with Crippen molar-refractivity contribution in [2.45, 2.75) is 0 Å². The van der Waals surface area contributed by atoms with E-state index in [4.69, 9.17) is 28.5 Å². The maximum atomic E-state index is 13.3. The molecule has 1 amide bonds. The van der Waals surface area contributed by atoms with Gasteiger partial charge in [-0.3, -0.25) is 4.79 Å². The third kappa shape index (κ3) is 3.08. The lowest BCUT2D eigenvalue weighted by Crippen LogP contribution is -2.12. The van der Waals surface area contributed by atoms with E-state index in [1.807, 2.05) is 6.07 Å². The Morgan fingerprint density at radius 1 is 1.15 bits per heavy atom. The van der Waals surface area contributed by atoms with Crippen LogP contribution in [0.1, 0.15) is 15.9 Å². The predicted octanol–water partition coefficient (Wildman–Crippen LogP) is 4.26. The highest BCUT2D eigenvalue weighted by atomic mass is 35.5. The van der Waals surface area contributed by atoms with Crippen LogP contribution in [0.15, 0.2) is 36.4 Å². The number of nitriles is 1. The zero-order valence-corrected chi connectivity index (χ0v) is 11.5. The minimum absolute atomic E-state index is 0.0638. The van der Waals surface area contributed by atoms with Crippen molar-refractivity contribution in [1.82, 2.24) is 0 Å². The van der Waals surface area contributed by atoms with E-state index in [-0.39, 0.29) is 21.3 Å². The van der Waals surface area contributed by atoms with Gasteiger partial charge in [-0.25, -0.2) is 4.39 Å². The number of hydrogen-bond donors (Lipinski definition) is 1. The first-order valence-corrected chi connectivity index (χ1v) is 6.23. The monoisotopic (exact) mass is 308 g/mol. The van der Waals surface area contributed by atoms with Gasteiger partial charge in [-0.05, 0) is 36.4 Å². The lowest BCUT2D eigenvalue weighted by molar-refractivity contribution is 0.102. The lowest BCUT2D eigenvalue weighted by atomic mass is 10.2. The zero-order valence-electron chi connectivity index (χ0n) is 9.95. The fourth-order valence-electron chi connectivity index (χ4n) is 1.52. The number of nitrogens with one attached hydrogen (secondary N) is 1. The Hall–Kier alpha value is -2.09. The highest BCUT2D eigenvalue weighted by Gasteiger charge is 2.11. The minimum Gasteiger partial charge on any atom is -0.321 e. The molecule has 2 aromatic carbocycles. The van der Waals surface area contributed by atoms with E-state index in [1.165, 1.54) is 30.3 Å². The van der Waals surface area contributed by atoms with Crippen molar-refractivity contribution in [2.75, 3.05) is 5.32 Å². The van der Waals surface area contributed by atoms with Gasteiger partial charge in [-0.2, -0.15) is 5.26 Å². The van der Waals surface area contributed by atoms with E-state index < -0.39 is 11.7 Å². The first kappa shape index (κ1) is 14.3. The summed E-state index contributed by atoms with van der Waals surface area (Å²) in [6, 6.07) is 10.1. The van der Waals surface area contributed by atoms with E-state index in [0.717, 1.165) is 6.07 Å². The van der Waals surface area contributed by atoms with Crippen molar-refractivity contribution < 1.29 is 9.18 Å². The molecular formula is C14H7Cl2FN2O. The molecule has 0 saturated heterocycles. The predicted molar refractivity (Wildman–Crippen MR) is 75.5 cm³/mol. The molecule has 0 saturated carbocycles. The molecule has 2 aromatic rings. The van der Waals surface area contributed by atoms with Crippen molar-refractivity contribution in [2.24, 2.45) is 0 Å². The molecule has 0 spiro atoms. The second-order valence-electron chi connectivity index (χ2n) is 3.89. The minimum atomic E-state index is -0.684. The molecule has 0 aliphatic rings. The molecule has 0 bridgehead atoms. The summed E-state index contributed by atoms with van der Waals surface area (Å²) in [7, 11) is 0. The number of benzene rings is 2. The molecule has 0 unspecified atom stereocenters. The molecule has 2 rings (SSSR count). The van der Waals surface area contributed by atoms with Gasteiger partial charge in [-0.1, -0.05) is 23.2 Å². The van der Waals surface area contributed by atoms with Crippen molar-refractivity contribution in [3.8, 4) is 6.07 Å². The third-order valence-corrected chi connectivity index (χ3v) is 3.16. The summed E-state index contributed by atoms with van der Waals surface area (Å²) < 4.78 is 13.3. The number of carbonyl (C=O) groups excluding carboxylic acids is 1. The van der Waals surface area contributed by atoms with Crippen LogP contribution in [-0.4, -0.2) is 5.91 Å². The second-order valence-corrected chi connectivity index (χ2v) is 4.70. The summed E-state index contributed by atoms with van der Waals surface area (Å²) >= 11 is 11.5. The topological polar surface area (TPSA) is 52.9 Å². The smallest absolute Gasteiger partial charge is 0.255 e. The zero-order chi connectivity index (χ0) is 14.7. The van der Waals surface area contributed by atoms with Crippen LogP contribution in [0.5, 0.6) is 0 Å². The molecule has 3 nitrogen and oxygen atoms in total. The van der Waals surface area contributed by atoms with Gasteiger partial charge in [0.2, 0.25) is 0 Å². The van der Waals surface area contributed by atoms with Gasteiger partial charge in [0.25, 0.3) is 5.91 Å². The van der Waals surface area contributed by atoms with Gasteiger partial charge in [0.1, 0.15) is 5.82 Å². The van der Waals surface area contributed by atoms with E-state index in [1.54, 1.807) is 0 Å². The summed E-state index contributed by atoms with van der Waals surface area (Å²) in [4.78, 5) is 12.0. The quantitative estimate of drug-likeness (QED) is 0.901. The average Bonchev–Trinajstić information content (AvgIpc) is 2.44. The maximum Gasteiger partial charge on any atom is 0.255 e. The van der Waals surface area contributed by atoms with Crippen LogP contribution in [-0.2, 0) is 0 Å². The molecular weight excluding hydrogens is 302 g/mol. The molecule has 0 heterocycles. The number of amides is 1. The van der Waals surface area contributed by atoms with Crippen LogP contribution in [0, 0.1) is 17.1 Å². The number of rotatable bonds is 2. The summed E-state index contributed by atoms with van der Waals surface area (Å²) in [5, 5.41) is 11.5. The number of anilines is 1. The number of halogens is 3. The van der Waals surface area contributed by atoms with Crippen molar-refractivity contribution in [3.05, 3.63) is 63.4 Å². The SMILES string of the molecule is N#Cc1ccc(Cl)c(NC(=O)c2ccc(Cl)c(F)c2)c1. The Morgan fingerprint density at radius 2 is 1.85 bits per heavy atom. The van der Waals surface area contributed by atoms with Gasteiger partial charge in [0.05, 0.1) is 27.4 Å². The highest BCUT2D eigenvalue weighted by Crippen LogP contribution is 2.24. The van der Waals surface area contributed by atoms with Crippen molar-refractivity contribution >= 4 is 34.8 Å². The number of nitrogens with zero attached hydrogens (tertiary/aromatic N) is 1. The Bertz CT molecular complexity index is 726. The van der Waals surface area contributed by atoms with Gasteiger partial charge in [0, 0.05) is 5.56 Å². The van der Waals surface area contributed by atoms with Crippen LogP contribution in [0.3, 0.4) is 0 Å². The first-order chi connectivity index (χ1) is 9.51. The summed E-state index contributed by atoms with van der Waals surface area (Å²) in [5.41, 5.74) is 0.739. The number of carbonyl (C=O) groups is 1. The Labute approximate surface area is 124 Å². The summed E-state index contributed by atoms with van der Waals surface area (Å²) in [6.07, 6.45) is 0. The van der Waals surface area contributed by atoms with Crippen LogP contribution in [0.25, 0.3) is 0 Å². The largest absolute Gasteiger partial charge is 0.321 e. The fraction of sp³-hybridized carbons (Fsp3) is 0. The maximum absolute atomic E-state index is 13.3. The van der Waals surface area contributed by atoms with Crippen LogP contribution in [0.2, 0.25) is 10.0 Å². The van der Waals surface area contributed by atoms with E-state index in [2.05, 4.69) is 5.32 Å². The molecule has 6 heteroatoms. The summed E-state index contributed by atoms with van der Waals surface area (Å²) in [5.74, 6) is -1.23. The molecule has 0 aromatic heterocycles. The van der Waals surface area contributed by atoms with E-state index in [9.17, 15) is 9.18 Å². The van der Waals surface area contributed by atoms with Gasteiger partial charge in [0.15, 0.2) is 0 Å². The highest BCUT2D eigenvalue weighted by molar-refractivity contribution is 6.34. The van der Waals surface area contributed by atoms with Gasteiger partial charge < -0.3 is 5.32 Å². The lowest BCUT2D eigenvalue weighted by Gasteiger charge is -2.08. The van der Waals surface area contributed by atoms with Crippen LogP contribution < -0.4 is 5.32 Å². The molecule has 0 radical (unpaired) electrons. The fourth-order valence-corrected chi connectivity index (χ4v) is 1.80. The van der Waals surface area contributed by atoms with Gasteiger partial charge in [-0.15, -0.1) is 0 Å². The molecule has 100 valence electrons. The molecule has 0 fully saturated rings. The van der Waals surface area contributed by atoms with Crippen molar-refractivity contribution in [1.29, 1.82) is 5.26 Å². The third-order valence-electron chi connectivity index (χ3n) is 2.53. The van der Waals surface area contributed by atoms with Gasteiger partial charge >= 0.3 is 0 Å². The van der Waals surface area contributed by atoms with E-state index >= 15 is 0 Å². The Balaban J connectivity index is 2.28.